The van der Waals surface area contributed by atoms with Crippen molar-refractivity contribution in [3.63, 3.8) is 0 Å². The molecule has 1 aromatic rings. The van der Waals surface area contributed by atoms with E-state index in [1.165, 1.54) is 0 Å². The molecule has 2 N–H and O–H groups in total. The maximum atomic E-state index is 12.4. The zero-order valence-corrected chi connectivity index (χ0v) is 12.0. The van der Waals surface area contributed by atoms with Crippen LogP contribution in [0.4, 0.5) is 5.69 Å². The maximum Gasteiger partial charge on any atom is 0.253 e. The van der Waals surface area contributed by atoms with Gasteiger partial charge in [-0.15, -0.1) is 0 Å². The van der Waals surface area contributed by atoms with Gasteiger partial charge in [-0.3, -0.25) is 4.79 Å². The molecule has 1 heterocycles. The molecule has 1 aromatic carbocycles. The topological polar surface area (TPSA) is 55.6 Å². The smallest absolute Gasteiger partial charge is 0.253 e. The van der Waals surface area contributed by atoms with Crippen molar-refractivity contribution in [3.05, 3.63) is 23.8 Å². The van der Waals surface area contributed by atoms with Crippen molar-refractivity contribution in [1.82, 2.24) is 4.90 Å². The molecule has 1 amide bonds. The Morgan fingerprint density at radius 3 is 3.00 bits per heavy atom. The largest absolute Gasteiger partial charge is 0.492 e. The molecule has 1 aliphatic heterocycles. The lowest BCUT2D eigenvalue weighted by Gasteiger charge is -2.20. The van der Waals surface area contributed by atoms with Gasteiger partial charge in [0.15, 0.2) is 0 Å². The minimum absolute atomic E-state index is 0.0669. The number of hydrogen-bond donors (Lipinski definition) is 1. The Morgan fingerprint density at radius 2 is 2.26 bits per heavy atom. The van der Waals surface area contributed by atoms with Gasteiger partial charge in [0.1, 0.15) is 5.75 Å². The van der Waals surface area contributed by atoms with Crippen molar-refractivity contribution in [2.75, 3.05) is 36.9 Å². The molecule has 0 aromatic heterocycles. The summed E-state index contributed by atoms with van der Waals surface area (Å²) in [5.74, 6) is 2.86. The first-order valence-electron chi connectivity index (χ1n) is 6.61. The highest BCUT2D eigenvalue weighted by Gasteiger charge is 2.18. The average molecular weight is 280 g/mol. The highest BCUT2D eigenvalue weighted by atomic mass is 32.2. The van der Waals surface area contributed by atoms with Gasteiger partial charge in [-0.05, 0) is 37.3 Å². The summed E-state index contributed by atoms with van der Waals surface area (Å²) in [7, 11) is 0. The molecular formula is C14H20N2O2S. The summed E-state index contributed by atoms with van der Waals surface area (Å²) in [5, 5.41) is 0. The molecule has 0 radical (unpaired) electrons. The van der Waals surface area contributed by atoms with Gasteiger partial charge in [-0.1, -0.05) is 0 Å². The second kappa shape index (κ2) is 6.70. The first kappa shape index (κ1) is 14.1. The van der Waals surface area contributed by atoms with E-state index in [1.807, 2.05) is 23.6 Å². The fourth-order valence-electron chi connectivity index (χ4n) is 2.10. The van der Waals surface area contributed by atoms with Gasteiger partial charge in [-0.25, -0.2) is 0 Å². The summed E-state index contributed by atoms with van der Waals surface area (Å²) in [6.45, 7) is 4.13. The number of carbonyl (C=O) groups is 1. The van der Waals surface area contributed by atoms with Crippen LogP contribution in [0.5, 0.6) is 5.75 Å². The van der Waals surface area contributed by atoms with Crippen molar-refractivity contribution in [1.29, 1.82) is 0 Å². The molecule has 1 fully saturated rings. The van der Waals surface area contributed by atoms with Crippen LogP contribution < -0.4 is 10.5 Å². The van der Waals surface area contributed by atoms with Gasteiger partial charge in [-0.2, -0.15) is 11.8 Å². The molecule has 1 aliphatic rings. The van der Waals surface area contributed by atoms with Gasteiger partial charge in [0.25, 0.3) is 5.91 Å². The number of nitrogens with two attached hydrogens (primary N) is 1. The van der Waals surface area contributed by atoms with Gasteiger partial charge < -0.3 is 15.4 Å². The molecule has 19 heavy (non-hydrogen) atoms. The molecule has 2 rings (SSSR count). The van der Waals surface area contributed by atoms with Crippen molar-refractivity contribution in [3.8, 4) is 5.75 Å². The molecule has 0 saturated carbocycles. The number of hydrogen-bond acceptors (Lipinski definition) is 4. The van der Waals surface area contributed by atoms with Crippen LogP contribution in [0.25, 0.3) is 0 Å². The summed E-state index contributed by atoms with van der Waals surface area (Å²) >= 11 is 1.91. The molecule has 5 heteroatoms. The first-order valence-corrected chi connectivity index (χ1v) is 7.77. The van der Waals surface area contributed by atoms with E-state index < -0.39 is 0 Å². The fourth-order valence-corrected chi connectivity index (χ4v) is 2.99. The maximum absolute atomic E-state index is 12.4. The highest BCUT2D eigenvalue weighted by Crippen LogP contribution is 2.23. The monoisotopic (exact) mass is 280 g/mol. The lowest BCUT2D eigenvalue weighted by atomic mass is 10.1. The van der Waals surface area contributed by atoms with Gasteiger partial charge in [0.2, 0.25) is 0 Å². The number of carbonyl (C=O) groups excluding carboxylic acids is 1. The van der Waals surface area contributed by atoms with Crippen LogP contribution in [0.3, 0.4) is 0 Å². The molecule has 104 valence electrons. The Balaban J connectivity index is 2.12. The molecule has 1 saturated heterocycles. The van der Waals surface area contributed by atoms with E-state index in [1.54, 1.807) is 18.2 Å². The molecule has 0 bridgehead atoms. The van der Waals surface area contributed by atoms with Crippen molar-refractivity contribution in [2.45, 2.75) is 13.3 Å². The first-order chi connectivity index (χ1) is 9.22. The van der Waals surface area contributed by atoms with E-state index >= 15 is 0 Å². The molecule has 0 aliphatic carbocycles. The minimum atomic E-state index is 0.0669. The normalized spacial score (nSPS) is 15.9. The summed E-state index contributed by atoms with van der Waals surface area (Å²) in [5.41, 5.74) is 7.08. The molecule has 0 spiro atoms. The third kappa shape index (κ3) is 3.56. The molecular weight excluding hydrogens is 260 g/mol. The summed E-state index contributed by atoms with van der Waals surface area (Å²) < 4.78 is 5.38. The highest BCUT2D eigenvalue weighted by molar-refractivity contribution is 7.99. The number of amides is 1. The zero-order valence-electron chi connectivity index (χ0n) is 11.2. The Hall–Kier alpha value is -1.36. The van der Waals surface area contributed by atoms with Crippen LogP contribution in [0, 0.1) is 0 Å². The van der Waals surface area contributed by atoms with Crippen molar-refractivity contribution in [2.24, 2.45) is 0 Å². The number of benzene rings is 1. The third-order valence-electron chi connectivity index (χ3n) is 3.07. The second-order valence-corrected chi connectivity index (χ2v) is 5.67. The number of nitrogen functional groups attached to an aromatic ring is 1. The summed E-state index contributed by atoms with van der Waals surface area (Å²) in [6, 6.07) is 5.28. The average Bonchev–Trinajstić information content (AvgIpc) is 2.69. The molecule has 0 unspecified atom stereocenters. The Bertz CT molecular complexity index is 443. The van der Waals surface area contributed by atoms with E-state index in [9.17, 15) is 4.79 Å². The predicted octanol–water partition coefficient (Wildman–Crippen LogP) is 2.25. The Morgan fingerprint density at radius 1 is 1.42 bits per heavy atom. The summed E-state index contributed by atoms with van der Waals surface area (Å²) in [6.07, 6.45) is 1.06. The number of nitrogens with zero attached hydrogens (tertiary/aromatic N) is 1. The lowest BCUT2D eigenvalue weighted by molar-refractivity contribution is 0.0768. The molecule has 4 nitrogen and oxygen atoms in total. The van der Waals surface area contributed by atoms with E-state index in [4.69, 9.17) is 10.5 Å². The van der Waals surface area contributed by atoms with E-state index in [-0.39, 0.29) is 5.91 Å². The standard InChI is InChI=1S/C14H20N2O2S/c1-2-18-13-5-4-11(10-12(13)15)14(17)16-6-3-8-19-9-7-16/h4-5,10H,2-3,6-9,15H2,1H3. The lowest BCUT2D eigenvalue weighted by Crippen LogP contribution is -2.32. The van der Waals surface area contributed by atoms with Crippen LogP contribution in [-0.4, -0.2) is 42.0 Å². The third-order valence-corrected chi connectivity index (χ3v) is 4.11. The van der Waals surface area contributed by atoms with Crippen LogP contribution in [0.2, 0.25) is 0 Å². The Labute approximate surface area is 118 Å². The second-order valence-electron chi connectivity index (χ2n) is 4.44. The van der Waals surface area contributed by atoms with Gasteiger partial charge in [0, 0.05) is 24.4 Å². The number of thioether (sulfide) groups is 1. The molecule has 0 atom stereocenters. The zero-order chi connectivity index (χ0) is 13.7. The van der Waals surface area contributed by atoms with Crippen molar-refractivity contribution < 1.29 is 9.53 Å². The number of rotatable bonds is 3. The number of anilines is 1. The number of ether oxygens (including phenoxy) is 1. The van der Waals surface area contributed by atoms with Crippen molar-refractivity contribution >= 4 is 23.4 Å². The quantitative estimate of drug-likeness (QED) is 0.863. The van der Waals surface area contributed by atoms with Crippen LogP contribution in [-0.2, 0) is 0 Å². The van der Waals surface area contributed by atoms with Crippen LogP contribution >= 0.6 is 11.8 Å². The minimum Gasteiger partial charge on any atom is -0.492 e. The predicted molar refractivity (Wildman–Crippen MR) is 79.9 cm³/mol. The van der Waals surface area contributed by atoms with Gasteiger partial charge >= 0.3 is 0 Å². The van der Waals surface area contributed by atoms with E-state index in [0.717, 1.165) is 31.0 Å². The van der Waals surface area contributed by atoms with Crippen LogP contribution in [0.15, 0.2) is 18.2 Å². The SMILES string of the molecule is CCOc1ccc(C(=O)N2CCCSCC2)cc1N. The Kier molecular flexibility index (Phi) is 4.96. The van der Waals surface area contributed by atoms with E-state index in [0.29, 0.717) is 23.6 Å². The van der Waals surface area contributed by atoms with E-state index in [2.05, 4.69) is 0 Å². The summed E-state index contributed by atoms with van der Waals surface area (Å²) in [4.78, 5) is 14.3. The van der Waals surface area contributed by atoms with Crippen LogP contribution in [0.1, 0.15) is 23.7 Å². The van der Waals surface area contributed by atoms with Gasteiger partial charge in [0.05, 0.1) is 12.3 Å². The fraction of sp³-hybridized carbons (Fsp3) is 0.500.